The normalized spacial score (nSPS) is 16.6. The number of amides is 2. The van der Waals surface area contributed by atoms with Crippen molar-refractivity contribution in [2.45, 2.75) is 12.8 Å². The molecule has 3 heterocycles. The first kappa shape index (κ1) is 18.4. The summed E-state index contributed by atoms with van der Waals surface area (Å²) in [6.45, 7) is 0.817. The highest BCUT2D eigenvalue weighted by atomic mass is 16.2. The number of H-pyrrole nitrogens is 1. The number of nitrogens with zero attached hydrogens (tertiary/aromatic N) is 4. The van der Waals surface area contributed by atoms with E-state index < -0.39 is 0 Å². The van der Waals surface area contributed by atoms with E-state index >= 15 is 0 Å². The number of carbonyl (C=O) groups excluding carboxylic acids is 2. The maximum Gasteiger partial charge on any atom is 0.229 e. The van der Waals surface area contributed by atoms with Crippen LogP contribution >= 0.6 is 0 Å². The summed E-state index contributed by atoms with van der Waals surface area (Å²) in [5.74, 6) is 0.940. The van der Waals surface area contributed by atoms with Crippen molar-refractivity contribution in [1.29, 1.82) is 0 Å². The van der Waals surface area contributed by atoms with Gasteiger partial charge in [-0.1, -0.05) is 24.3 Å². The molecule has 0 radical (unpaired) electrons. The average molecular weight is 402 g/mol. The molecule has 2 amide bonds. The molecule has 4 aromatic rings. The molecule has 2 aromatic carbocycles. The number of carbonyl (C=O) groups is 2. The van der Waals surface area contributed by atoms with Crippen molar-refractivity contribution >= 4 is 39.6 Å². The molecule has 8 nitrogen and oxygen atoms in total. The molecule has 1 atom stereocenters. The fourth-order valence-electron chi connectivity index (χ4n) is 4.10. The van der Waals surface area contributed by atoms with E-state index in [0.717, 1.165) is 27.8 Å². The Morgan fingerprint density at radius 3 is 2.87 bits per heavy atom. The van der Waals surface area contributed by atoms with Crippen LogP contribution in [0.2, 0.25) is 0 Å². The third-order valence-electron chi connectivity index (χ3n) is 5.73. The molecule has 5 rings (SSSR count). The predicted octanol–water partition coefficient (Wildman–Crippen LogP) is 2.16. The first-order chi connectivity index (χ1) is 14.6. The largest absolute Gasteiger partial charge is 0.355 e. The van der Waals surface area contributed by atoms with Crippen molar-refractivity contribution in [3.63, 3.8) is 0 Å². The Labute approximate surface area is 172 Å². The second-order valence-electron chi connectivity index (χ2n) is 7.61. The minimum atomic E-state index is -0.381. The Bertz CT molecular complexity index is 1260. The molecule has 0 spiro atoms. The lowest BCUT2D eigenvalue weighted by Gasteiger charge is -2.14. The molecule has 1 aliphatic rings. The average Bonchev–Trinajstić information content (AvgIpc) is 3.44. The van der Waals surface area contributed by atoms with Crippen LogP contribution in [0.15, 0.2) is 48.5 Å². The summed E-state index contributed by atoms with van der Waals surface area (Å²) in [7, 11) is 1.98. The monoisotopic (exact) mass is 402 g/mol. The molecule has 152 valence electrons. The van der Waals surface area contributed by atoms with E-state index in [-0.39, 0.29) is 24.2 Å². The van der Waals surface area contributed by atoms with Gasteiger partial charge in [0.05, 0.1) is 22.5 Å². The molecular formula is C22H22N6O2. The van der Waals surface area contributed by atoms with Gasteiger partial charge in [0.15, 0.2) is 5.82 Å². The number of nitrogens with one attached hydrogen (secondary N) is 2. The van der Waals surface area contributed by atoms with E-state index in [9.17, 15) is 9.59 Å². The maximum absolute atomic E-state index is 12.7. The number of hydrogen-bond donors (Lipinski definition) is 2. The van der Waals surface area contributed by atoms with Crippen LogP contribution in [0, 0.1) is 5.92 Å². The molecule has 1 fully saturated rings. The van der Waals surface area contributed by atoms with Crippen LogP contribution in [0.3, 0.4) is 0 Å². The molecule has 8 heteroatoms. The SMILES string of the molecule is Cn1c(CCNC(=O)[C@@H]2CC(=O)N(c3n[nH]c4ccccc34)C2)nc2ccccc21. The summed E-state index contributed by atoms with van der Waals surface area (Å²) in [6.07, 6.45) is 0.824. The van der Waals surface area contributed by atoms with Crippen molar-refractivity contribution in [3.05, 3.63) is 54.4 Å². The molecule has 0 saturated carbocycles. The number of para-hydroxylation sites is 3. The number of aryl methyl sites for hydroxylation is 1. The van der Waals surface area contributed by atoms with Gasteiger partial charge in [0, 0.05) is 38.4 Å². The van der Waals surface area contributed by atoms with E-state index in [2.05, 4.69) is 20.5 Å². The van der Waals surface area contributed by atoms with Crippen LogP contribution in [0.1, 0.15) is 12.2 Å². The summed E-state index contributed by atoms with van der Waals surface area (Å²) in [4.78, 5) is 31.5. The zero-order chi connectivity index (χ0) is 20.7. The van der Waals surface area contributed by atoms with Crippen LogP contribution in [0.5, 0.6) is 0 Å². The fraction of sp³-hybridized carbons (Fsp3) is 0.273. The summed E-state index contributed by atoms with van der Waals surface area (Å²) >= 11 is 0. The molecule has 2 aromatic heterocycles. The Hall–Kier alpha value is -3.68. The molecule has 1 aliphatic heterocycles. The zero-order valence-corrected chi connectivity index (χ0v) is 16.6. The lowest BCUT2D eigenvalue weighted by atomic mass is 10.1. The molecule has 1 saturated heterocycles. The van der Waals surface area contributed by atoms with E-state index in [1.807, 2.05) is 60.1 Å². The minimum absolute atomic E-state index is 0.0808. The van der Waals surface area contributed by atoms with Crippen molar-refractivity contribution in [3.8, 4) is 0 Å². The second kappa shape index (κ2) is 7.29. The predicted molar refractivity (Wildman–Crippen MR) is 114 cm³/mol. The summed E-state index contributed by atoms with van der Waals surface area (Å²) < 4.78 is 2.05. The highest BCUT2D eigenvalue weighted by Crippen LogP contribution is 2.29. The van der Waals surface area contributed by atoms with Gasteiger partial charge in [0.25, 0.3) is 0 Å². The second-order valence-corrected chi connectivity index (χ2v) is 7.61. The Morgan fingerprint density at radius 1 is 1.20 bits per heavy atom. The Balaban J connectivity index is 1.22. The zero-order valence-electron chi connectivity index (χ0n) is 16.6. The van der Waals surface area contributed by atoms with Gasteiger partial charge < -0.3 is 9.88 Å². The summed E-state index contributed by atoms with van der Waals surface area (Å²) in [6, 6.07) is 15.6. The van der Waals surface area contributed by atoms with E-state index in [1.54, 1.807) is 4.90 Å². The van der Waals surface area contributed by atoms with Crippen LogP contribution < -0.4 is 10.2 Å². The van der Waals surface area contributed by atoms with Gasteiger partial charge in [-0.3, -0.25) is 19.6 Å². The van der Waals surface area contributed by atoms with Crippen molar-refractivity contribution in [2.75, 3.05) is 18.0 Å². The Kier molecular flexibility index (Phi) is 4.46. The fourth-order valence-corrected chi connectivity index (χ4v) is 4.10. The quantitative estimate of drug-likeness (QED) is 0.535. The van der Waals surface area contributed by atoms with Gasteiger partial charge in [-0.15, -0.1) is 0 Å². The highest BCUT2D eigenvalue weighted by Gasteiger charge is 2.36. The number of fused-ring (bicyclic) bond motifs is 2. The third kappa shape index (κ3) is 3.10. The van der Waals surface area contributed by atoms with Crippen LogP contribution in [0.25, 0.3) is 21.9 Å². The number of imidazole rings is 1. The molecule has 30 heavy (non-hydrogen) atoms. The van der Waals surface area contributed by atoms with E-state index in [0.29, 0.717) is 25.3 Å². The van der Waals surface area contributed by atoms with Crippen LogP contribution in [-0.4, -0.2) is 44.7 Å². The van der Waals surface area contributed by atoms with Gasteiger partial charge in [0.2, 0.25) is 11.8 Å². The number of anilines is 1. The molecule has 0 bridgehead atoms. The van der Waals surface area contributed by atoms with Gasteiger partial charge in [0.1, 0.15) is 5.82 Å². The van der Waals surface area contributed by atoms with Gasteiger partial charge >= 0.3 is 0 Å². The van der Waals surface area contributed by atoms with Gasteiger partial charge in [-0.25, -0.2) is 4.98 Å². The summed E-state index contributed by atoms with van der Waals surface area (Å²) in [5, 5.41) is 11.1. The van der Waals surface area contributed by atoms with Crippen LogP contribution in [-0.2, 0) is 23.1 Å². The van der Waals surface area contributed by atoms with Crippen LogP contribution in [0.4, 0.5) is 5.82 Å². The lowest BCUT2D eigenvalue weighted by molar-refractivity contribution is -0.126. The molecule has 2 N–H and O–H groups in total. The first-order valence-corrected chi connectivity index (χ1v) is 10.0. The van der Waals surface area contributed by atoms with Crippen molar-refractivity contribution in [2.24, 2.45) is 13.0 Å². The number of rotatable bonds is 5. The lowest BCUT2D eigenvalue weighted by Crippen LogP contribution is -2.34. The minimum Gasteiger partial charge on any atom is -0.355 e. The highest BCUT2D eigenvalue weighted by molar-refractivity contribution is 6.05. The first-order valence-electron chi connectivity index (χ1n) is 10.0. The van der Waals surface area contributed by atoms with Gasteiger partial charge in [-0.2, -0.15) is 5.10 Å². The molecular weight excluding hydrogens is 380 g/mol. The molecule has 0 aliphatic carbocycles. The van der Waals surface area contributed by atoms with Gasteiger partial charge in [-0.05, 0) is 24.3 Å². The number of aromatic amines is 1. The maximum atomic E-state index is 12.7. The van der Waals surface area contributed by atoms with Crippen molar-refractivity contribution in [1.82, 2.24) is 25.1 Å². The smallest absolute Gasteiger partial charge is 0.229 e. The summed E-state index contributed by atoms with van der Waals surface area (Å²) in [5.41, 5.74) is 2.89. The van der Waals surface area contributed by atoms with E-state index in [4.69, 9.17) is 0 Å². The standard InChI is InChI=1S/C22H22N6O2/c1-27-18-9-5-4-8-17(18)24-19(27)10-11-23-22(30)14-12-20(29)28(13-14)21-15-6-2-3-7-16(15)25-26-21/h2-9,14H,10-13H2,1H3,(H,23,30)(H,25,26)/t14-/m1/s1. The number of aromatic nitrogens is 4. The topological polar surface area (TPSA) is 95.9 Å². The molecule has 0 unspecified atom stereocenters. The third-order valence-corrected chi connectivity index (χ3v) is 5.73. The Morgan fingerprint density at radius 2 is 2.00 bits per heavy atom. The van der Waals surface area contributed by atoms with Crippen molar-refractivity contribution < 1.29 is 9.59 Å². The number of benzene rings is 2. The number of hydrogen-bond acceptors (Lipinski definition) is 4. The van der Waals surface area contributed by atoms with E-state index in [1.165, 1.54) is 0 Å².